The maximum Gasteiger partial charge on any atom is 0.336 e. The van der Waals surface area contributed by atoms with Crippen LogP contribution < -0.4 is 21.3 Å². The lowest BCUT2D eigenvalue weighted by Crippen LogP contribution is -2.41. The summed E-state index contributed by atoms with van der Waals surface area (Å²) >= 11 is 1.22. The van der Waals surface area contributed by atoms with Crippen molar-refractivity contribution in [2.75, 3.05) is 7.11 Å². The van der Waals surface area contributed by atoms with Crippen LogP contribution in [0.3, 0.4) is 0 Å². The Morgan fingerprint density at radius 2 is 2.07 bits per heavy atom. The first-order valence-electron chi connectivity index (χ1n) is 8.75. The zero-order chi connectivity index (χ0) is 20.4. The van der Waals surface area contributed by atoms with E-state index in [0.717, 1.165) is 4.57 Å². The van der Waals surface area contributed by atoms with E-state index >= 15 is 0 Å². The number of benzene rings is 1. The first-order chi connectivity index (χ1) is 14.1. The Hall–Kier alpha value is -3.59. The molecule has 0 fully saturated rings. The fraction of sp³-hybridized carbons (Fsp3) is 0.150. The van der Waals surface area contributed by atoms with Gasteiger partial charge in [-0.1, -0.05) is 6.07 Å². The van der Waals surface area contributed by atoms with Crippen LogP contribution in [0.2, 0.25) is 0 Å². The standard InChI is InChI=1S/C20H17N3O5S/c1-27-14-5-2-4-13(10-14)23-19(25)18-16(7-9-29-18)22(20(23)26)12-17(24)21-11-15-6-3-8-28-15/h2-10H,11-12H2,1H3,(H,21,24). The van der Waals surface area contributed by atoms with Crippen LogP contribution in [0.5, 0.6) is 5.75 Å². The average molecular weight is 411 g/mol. The molecule has 0 radical (unpaired) electrons. The first-order valence-corrected chi connectivity index (χ1v) is 9.63. The number of ether oxygens (including phenoxy) is 1. The van der Waals surface area contributed by atoms with E-state index in [2.05, 4.69) is 5.32 Å². The molecule has 0 aliphatic carbocycles. The molecule has 8 nitrogen and oxygen atoms in total. The second-order valence-electron chi connectivity index (χ2n) is 6.20. The molecule has 0 spiro atoms. The minimum atomic E-state index is -0.595. The third-order valence-electron chi connectivity index (χ3n) is 4.41. The van der Waals surface area contributed by atoms with Gasteiger partial charge in [0.05, 0.1) is 31.1 Å². The summed E-state index contributed by atoms with van der Waals surface area (Å²) < 4.78 is 13.1. The number of thiophene rings is 1. The van der Waals surface area contributed by atoms with Crippen LogP contribution >= 0.6 is 11.3 Å². The van der Waals surface area contributed by atoms with Crippen molar-refractivity contribution in [1.29, 1.82) is 0 Å². The molecule has 0 unspecified atom stereocenters. The Bertz CT molecular complexity index is 1280. The van der Waals surface area contributed by atoms with E-state index < -0.39 is 11.2 Å². The molecule has 9 heteroatoms. The highest BCUT2D eigenvalue weighted by Gasteiger charge is 2.18. The molecule has 0 saturated heterocycles. The van der Waals surface area contributed by atoms with E-state index in [1.165, 1.54) is 29.3 Å². The van der Waals surface area contributed by atoms with Crippen LogP contribution in [0, 0.1) is 0 Å². The number of rotatable bonds is 6. The lowest BCUT2D eigenvalue weighted by atomic mass is 10.3. The number of nitrogens with zero attached hydrogens (tertiary/aromatic N) is 2. The predicted octanol–water partition coefficient (Wildman–Crippen LogP) is 2.13. The molecular formula is C20H17N3O5S. The fourth-order valence-corrected chi connectivity index (χ4v) is 3.84. The van der Waals surface area contributed by atoms with Gasteiger partial charge >= 0.3 is 5.69 Å². The van der Waals surface area contributed by atoms with Gasteiger partial charge in [0.15, 0.2) is 0 Å². The van der Waals surface area contributed by atoms with Gasteiger partial charge in [0.1, 0.15) is 22.8 Å². The fourth-order valence-electron chi connectivity index (χ4n) is 3.02. The zero-order valence-corrected chi connectivity index (χ0v) is 16.3. The molecular weight excluding hydrogens is 394 g/mol. The lowest BCUT2D eigenvalue weighted by Gasteiger charge is -2.13. The Morgan fingerprint density at radius 1 is 1.21 bits per heavy atom. The quantitative estimate of drug-likeness (QED) is 0.524. The molecule has 0 aliphatic rings. The minimum Gasteiger partial charge on any atom is -0.497 e. The van der Waals surface area contributed by atoms with Crippen molar-refractivity contribution in [2.24, 2.45) is 0 Å². The predicted molar refractivity (Wildman–Crippen MR) is 109 cm³/mol. The summed E-state index contributed by atoms with van der Waals surface area (Å²) in [5.74, 6) is 0.752. The summed E-state index contributed by atoms with van der Waals surface area (Å²) in [6.07, 6.45) is 1.52. The molecule has 0 saturated carbocycles. The zero-order valence-electron chi connectivity index (χ0n) is 15.5. The molecule has 0 aliphatic heterocycles. The maximum atomic E-state index is 13.2. The molecule has 1 N–H and O–H groups in total. The Balaban J connectivity index is 1.75. The van der Waals surface area contributed by atoms with Crippen molar-refractivity contribution >= 4 is 27.5 Å². The molecule has 29 heavy (non-hydrogen) atoms. The third-order valence-corrected chi connectivity index (χ3v) is 5.30. The number of hydrogen-bond donors (Lipinski definition) is 1. The highest BCUT2D eigenvalue weighted by molar-refractivity contribution is 7.17. The summed E-state index contributed by atoms with van der Waals surface area (Å²) in [5.41, 5.74) is -0.223. The Labute approximate surface area is 168 Å². The van der Waals surface area contributed by atoms with Crippen LogP contribution in [0.15, 0.2) is 68.1 Å². The average Bonchev–Trinajstić information content (AvgIpc) is 3.42. The molecule has 148 valence electrons. The molecule has 3 heterocycles. The summed E-state index contributed by atoms with van der Waals surface area (Å²) in [6, 6.07) is 11.8. The van der Waals surface area contributed by atoms with E-state index in [1.54, 1.807) is 47.8 Å². The second kappa shape index (κ2) is 7.80. The van der Waals surface area contributed by atoms with Gasteiger partial charge in [-0.2, -0.15) is 0 Å². The summed E-state index contributed by atoms with van der Waals surface area (Å²) in [4.78, 5) is 38.5. The van der Waals surface area contributed by atoms with Crippen LogP contribution in [0.25, 0.3) is 15.9 Å². The number of furan rings is 1. The van der Waals surface area contributed by atoms with Crippen molar-refractivity contribution in [1.82, 2.24) is 14.5 Å². The highest BCUT2D eigenvalue weighted by atomic mass is 32.1. The van der Waals surface area contributed by atoms with Crippen molar-refractivity contribution in [2.45, 2.75) is 13.1 Å². The van der Waals surface area contributed by atoms with Crippen molar-refractivity contribution in [3.8, 4) is 11.4 Å². The minimum absolute atomic E-state index is 0.211. The molecule has 4 rings (SSSR count). The van der Waals surface area contributed by atoms with Crippen LogP contribution in [-0.4, -0.2) is 22.2 Å². The Morgan fingerprint density at radius 3 is 2.83 bits per heavy atom. The number of amides is 1. The van der Waals surface area contributed by atoms with E-state index in [1.807, 2.05) is 0 Å². The smallest absolute Gasteiger partial charge is 0.336 e. The highest BCUT2D eigenvalue weighted by Crippen LogP contribution is 2.18. The molecule has 1 aromatic carbocycles. The van der Waals surface area contributed by atoms with Crippen LogP contribution in [0.4, 0.5) is 0 Å². The third kappa shape index (κ3) is 3.59. The number of carbonyl (C=O) groups excluding carboxylic acids is 1. The van der Waals surface area contributed by atoms with Gasteiger partial charge in [-0.25, -0.2) is 9.36 Å². The molecule has 1 amide bonds. The van der Waals surface area contributed by atoms with E-state index in [9.17, 15) is 14.4 Å². The maximum absolute atomic E-state index is 13.2. The van der Waals surface area contributed by atoms with Crippen molar-refractivity contribution < 1.29 is 13.9 Å². The topological polar surface area (TPSA) is 95.5 Å². The van der Waals surface area contributed by atoms with E-state index in [0.29, 0.717) is 27.4 Å². The number of nitrogens with one attached hydrogen (secondary N) is 1. The molecule has 0 bridgehead atoms. The van der Waals surface area contributed by atoms with Gasteiger partial charge in [0.2, 0.25) is 5.91 Å². The SMILES string of the molecule is COc1cccc(-n2c(=O)c3sccc3n(CC(=O)NCc3ccco3)c2=O)c1. The van der Waals surface area contributed by atoms with E-state index in [4.69, 9.17) is 9.15 Å². The van der Waals surface area contributed by atoms with Crippen LogP contribution in [-0.2, 0) is 17.9 Å². The number of carbonyl (C=O) groups is 1. The van der Waals surface area contributed by atoms with Gasteiger partial charge in [-0.15, -0.1) is 11.3 Å². The summed E-state index contributed by atoms with van der Waals surface area (Å²) in [6.45, 7) is -0.0140. The molecule has 3 aromatic heterocycles. The van der Waals surface area contributed by atoms with Crippen LogP contribution in [0.1, 0.15) is 5.76 Å². The number of aromatic nitrogens is 2. The van der Waals surface area contributed by atoms with Gasteiger partial charge in [0, 0.05) is 6.07 Å². The van der Waals surface area contributed by atoms with Crippen molar-refractivity contribution in [3.63, 3.8) is 0 Å². The summed E-state index contributed by atoms with van der Waals surface area (Å²) in [7, 11) is 1.51. The van der Waals surface area contributed by atoms with Gasteiger partial charge in [-0.3, -0.25) is 14.2 Å². The second-order valence-corrected chi connectivity index (χ2v) is 7.12. The number of fused-ring (bicyclic) bond motifs is 1. The number of methoxy groups -OCH3 is 1. The van der Waals surface area contributed by atoms with Crippen molar-refractivity contribution in [3.05, 3.63) is 80.7 Å². The van der Waals surface area contributed by atoms with Gasteiger partial charge in [0.25, 0.3) is 5.56 Å². The molecule has 0 atom stereocenters. The first kappa shape index (κ1) is 18.8. The molecule has 4 aromatic rings. The number of hydrogen-bond acceptors (Lipinski definition) is 6. The largest absolute Gasteiger partial charge is 0.497 e. The van der Waals surface area contributed by atoms with Gasteiger partial charge in [-0.05, 0) is 35.7 Å². The monoisotopic (exact) mass is 411 g/mol. The van der Waals surface area contributed by atoms with Gasteiger partial charge < -0.3 is 14.5 Å². The Kier molecular flexibility index (Phi) is 5.05. The lowest BCUT2D eigenvalue weighted by molar-refractivity contribution is -0.121. The van der Waals surface area contributed by atoms with E-state index in [-0.39, 0.29) is 19.0 Å². The normalized spacial score (nSPS) is 10.9. The summed E-state index contributed by atoms with van der Waals surface area (Å²) in [5, 5.41) is 4.43.